The van der Waals surface area contributed by atoms with Crippen molar-refractivity contribution in [2.24, 2.45) is 4.99 Å². The van der Waals surface area contributed by atoms with Crippen LogP contribution in [0.25, 0.3) is 0 Å². The van der Waals surface area contributed by atoms with Crippen LogP contribution in [0, 0.1) is 0 Å². The maximum Gasteiger partial charge on any atom is 0.243 e. The lowest BCUT2D eigenvalue weighted by Crippen LogP contribution is -2.47. The van der Waals surface area contributed by atoms with E-state index in [1.165, 1.54) is 12.8 Å². The topological polar surface area (TPSA) is 77.0 Å². The first kappa shape index (κ1) is 26.1. The monoisotopic (exact) mass is 537 g/mol. The number of likely N-dealkylation sites (N-methyl/N-ethyl adjacent to an activating group) is 1. The van der Waals surface area contributed by atoms with Crippen LogP contribution in [0.3, 0.4) is 0 Å². The molecule has 2 rings (SSSR count). The van der Waals surface area contributed by atoms with Crippen LogP contribution in [0.2, 0.25) is 0 Å². The van der Waals surface area contributed by atoms with Gasteiger partial charge in [0.15, 0.2) is 5.96 Å². The number of unbranched alkanes of at least 4 members (excludes halogenated alkanes) is 2. The molecule has 0 unspecified atom stereocenters. The van der Waals surface area contributed by atoms with E-state index in [1.54, 1.807) is 16.4 Å². The van der Waals surface area contributed by atoms with Crippen LogP contribution in [0.1, 0.15) is 38.7 Å². The Morgan fingerprint density at radius 3 is 2.41 bits per heavy atom. The van der Waals surface area contributed by atoms with Crippen LogP contribution in [0.15, 0.2) is 34.2 Å². The summed E-state index contributed by atoms with van der Waals surface area (Å²) >= 11 is 0. The number of nitrogens with zero attached hydrogens (tertiary/aromatic N) is 3. The molecule has 1 aliphatic heterocycles. The molecule has 0 bridgehead atoms. The van der Waals surface area contributed by atoms with Crippen LogP contribution in [0.4, 0.5) is 0 Å². The van der Waals surface area contributed by atoms with Crippen molar-refractivity contribution in [3.8, 4) is 0 Å². The van der Waals surface area contributed by atoms with E-state index in [2.05, 4.69) is 27.4 Å². The van der Waals surface area contributed by atoms with Crippen molar-refractivity contribution in [1.29, 1.82) is 0 Å². The summed E-state index contributed by atoms with van der Waals surface area (Å²) in [6, 6.07) is 7.20. The number of benzene rings is 1. The number of nitrogens with one attached hydrogen (secondary N) is 2. The molecule has 0 aliphatic carbocycles. The highest BCUT2D eigenvalue weighted by atomic mass is 127. The fourth-order valence-electron chi connectivity index (χ4n) is 3.14. The Bertz CT molecular complexity index is 734. The Hall–Kier alpha value is -0.910. The van der Waals surface area contributed by atoms with Gasteiger partial charge < -0.3 is 15.5 Å². The molecule has 29 heavy (non-hydrogen) atoms. The molecular formula is C20H36IN5O2S. The second kappa shape index (κ2) is 13.4. The van der Waals surface area contributed by atoms with Gasteiger partial charge in [0.1, 0.15) is 0 Å². The highest BCUT2D eigenvalue weighted by Crippen LogP contribution is 2.22. The normalized spacial score (nSPS) is 16.3. The molecule has 1 aromatic carbocycles. The number of hydrogen-bond donors (Lipinski definition) is 2. The summed E-state index contributed by atoms with van der Waals surface area (Å²) in [6.07, 6.45) is 3.45. The van der Waals surface area contributed by atoms with Gasteiger partial charge in [-0.3, -0.25) is 0 Å². The molecule has 0 saturated carbocycles. The third kappa shape index (κ3) is 8.03. The van der Waals surface area contributed by atoms with Gasteiger partial charge in [0.2, 0.25) is 10.0 Å². The maximum atomic E-state index is 13.2. The third-order valence-corrected chi connectivity index (χ3v) is 6.88. The molecule has 0 aromatic heterocycles. The molecule has 0 amide bonds. The average Bonchev–Trinajstić information content (AvgIpc) is 2.70. The molecule has 2 N–H and O–H groups in total. The van der Waals surface area contributed by atoms with Crippen molar-refractivity contribution in [1.82, 2.24) is 19.8 Å². The van der Waals surface area contributed by atoms with E-state index in [0.717, 1.165) is 44.1 Å². The minimum Gasteiger partial charge on any atom is -0.357 e. The van der Waals surface area contributed by atoms with Gasteiger partial charge in [-0.2, -0.15) is 4.31 Å². The summed E-state index contributed by atoms with van der Waals surface area (Å²) in [5.41, 5.74) is 0.729. The second-order valence-electron chi connectivity index (χ2n) is 7.14. The Morgan fingerprint density at radius 2 is 1.76 bits per heavy atom. The maximum absolute atomic E-state index is 13.2. The number of aliphatic imine (C=N–C) groups is 1. The summed E-state index contributed by atoms with van der Waals surface area (Å²) in [4.78, 5) is 7.13. The quantitative estimate of drug-likeness (QED) is 0.219. The summed E-state index contributed by atoms with van der Waals surface area (Å²) in [6.45, 7) is 8.72. The molecule has 0 spiro atoms. The van der Waals surface area contributed by atoms with E-state index in [-0.39, 0.29) is 24.0 Å². The van der Waals surface area contributed by atoms with Crippen LogP contribution in [0.5, 0.6) is 0 Å². The number of hydrogen-bond acceptors (Lipinski definition) is 4. The van der Waals surface area contributed by atoms with Crippen LogP contribution in [-0.4, -0.2) is 69.9 Å². The zero-order chi connectivity index (χ0) is 20.4. The summed E-state index contributed by atoms with van der Waals surface area (Å²) in [5, 5.41) is 6.56. The van der Waals surface area contributed by atoms with Crippen molar-refractivity contribution >= 4 is 40.0 Å². The van der Waals surface area contributed by atoms with Crippen molar-refractivity contribution in [2.75, 3.05) is 46.3 Å². The summed E-state index contributed by atoms with van der Waals surface area (Å²) in [5.74, 6) is 0.727. The lowest BCUT2D eigenvalue weighted by Gasteiger charge is -2.32. The highest BCUT2D eigenvalue weighted by molar-refractivity contribution is 14.0. The fraction of sp³-hybridized carbons (Fsp3) is 0.650. The third-order valence-electron chi connectivity index (χ3n) is 4.88. The van der Waals surface area contributed by atoms with E-state index in [4.69, 9.17) is 0 Å². The lowest BCUT2D eigenvalue weighted by atomic mass is 10.2. The van der Waals surface area contributed by atoms with Gasteiger partial charge in [-0.15, -0.1) is 24.0 Å². The van der Waals surface area contributed by atoms with Gasteiger partial charge in [0.25, 0.3) is 0 Å². The molecule has 0 radical (unpaired) electrons. The predicted octanol–water partition coefficient (Wildman–Crippen LogP) is 2.49. The molecule has 1 aliphatic rings. The molecule has 0 atom stereocenters. The van der Waals surface area contributed by atoms with Gasteiger partial charge in [-0.05, 0) is 32.0 Å². The zero-order valence-electron chi connectivity index (χ0n) is 17.9. The zero-order valence-corrected chi connectivity index (χ0v) is 21.0. The van der Waals surface area contributed by atoms with E-state index in [9.17, 15) is 8.42 Å². The SMILES string of the molecule is CCCCCNC(=NCc1ccccc1S(=O)(=O)N1CCN(C)CC1)NCC.I. The van der Waals surface area contributed by atoms with Crippen molar-refractivity contribution in [2.45, 2.75) is 44.6 Å². The smallest absolute Gasteiger partial charge is 0.243 e. The molecule has 166 valence electrons. The van der Waals surface area contributed by atoms with Crippen molar-refractivity contribution in [3.63, 3.8) is 0 Å². The minimum absolute atomic E-state index is 0. The lowest BCUT2D eigenvalue weighted by molar-refractivity contribution is 0.222. The van der Waals surface area contributed by atoms with Crippen LogP contribution < -0.4 is 10.6 Å². The molecule has 1 saturated heterocycles. The Labute approximate surface area is 193 Å². The number of halogens is 1. The van der Waals surface area contributed by atoms with Gasteiger partial charge in [-0.1, -0.05) is 38.0 Å². The second-order valence-corrected chi connectivity index (χ2v) is 9.05. The van der Waals surface area contributed by atoms with Gasteiger partial charge >= 0.3 is 0 Å². The Balaban J connectivity index is 0.00000420. The molecule has 1 heterocycles. The summed E-state index contributed by atoms with van der Waals surface area (Å²) < 4.78 is 27.9. The molecular weight excluding hydrogens is 501 g/mol. The predicted molar refractivity (Wildman–Crippen MR) is 130 cm³/mol. The number of rotatable bonds is 9. The van der Waals surface area contributed by atoms with Gasteiger partial charge in [-0.25, -0.2) is 13.4 Å². The Kier molecular flexibility index (Phi) is 12.1. The number of piperazine rings is 1. The van der Waals surface area contributed by atoms with Crippen LogP contribution in [-0.2, 0) is 16.6 Å². The molecule has 7 nitrogen and oxygen atoms in total. The average molecular weight is 538 g/mol. The minimum atomic E-state index is -3.50. The van der Waals surface area contributed by atoms with Gasteiger partial charge in [0.05, 0.1) is 11.4 Å². The van der Waals surface area contributed by atoms with Gasteiger partial charge in [0, 0.05) is 39.3 Å². The Morgan fingerprint density at radius 1 is 1.07 bits per heavy atom. The van der Waals surface area contributed by atoms with E-state index in [0.29, 0.717) is 24.5 Å². The highest BCUT2D eigenvalue weighted by Gasteiger charge is 2.29. The summed E-state index contributed by atoms with van der Waals surface area (Å²) in [7, 11) is -1.49. The standard InChI is InChI=1S/C20H35N5O2S.HI/c1-4-6-9-12-22-20(21-5-2)23-17-18-10-7-8-11-19(18)28(26,27)25-15-13-24(3)14-16-25;/h7-8,10-11H,4-6,9,12-17H2,1-3H3,(H2,21,22,23);1H. The molecule has 1 fully saturated rings. The number of guanidine groups is 1. The molecule has 9 heteroatoms. The first-order valence-electron chi connectivity index (χ1n) is 10.3. The van der Waals surface area contributed by atoms with E-state index >= 15 is 0 Å². The first-order chi connectivity index (χ1) is 13.5. The van der Waals surface area contributed by atoms with E-state index in [1.807, 2.05) is 26.1 Å². The van der Waals surface area contributed by atoms with Crippen LogP contribution >= 0.6 is 24.0 Å². The van der Waals surface area contributed by atoms with Crippen molar-refractivity contribution < 1.29 is 8.42 Å². The van der Waals surface area contributed by atoms with Crippen molar-refractivity contribution in [3.05, 3.63) is 29.8 Å². The number of sulfonamides is 1. The van der Waals surface area contributed by atoms with E-state index < -0.39 is 10.0 Å². The largest absolute Gasteiger partial charge is 0.357 e. The first-order valence-corrected chi connectivity index (χ1v) is 11.7. The fourth-order valence-corrected chi connectivity index (χ4v) is 4.78. The molecule has 1 aromatic rings.